The van der Waals surface area contributed by atoms with E-state index in [1.54, 1.807) is 0 Å². The van der Waals surface area contributed by atoms with Crippen molar-refractivity contribution in [1.82, 2.24) is 0 Å². The summed E-state index contributed by atoms with van der Waals surface area (Å²) in [4.78, 5) is 0. The van der Waals surface area contributed by atoms with Crippen LogP contribution in [0.15, 0.2) is 0 Å². The quantitative estimate of drug-likeness (QED) is 0.194. The number of hydrogen-bond acceptors (Lipinski definition) is 10. The summed E-state index contributed by atoms with van der Waals surface area (Å²) < 4.78 is 0. The summed E-state index contributed by atoms with van der Waals surface area (Å²) in [7, 11) is 0. The van der Waals surface area contributed by atoms with Gasteiger partial charge in [-0.15, -0.1) is 0 Å². The second-order valence-corrected chi connectivity index (χ2v) is 4.71. The summed E-state index contributed by atoms with van der Waals surface area (Å²) >= 11 is 0. The molecule has 0 aromatic heterocycles. The van der Waals surface area contributed by atoms with Crippen LogP contribution in [0.25, 0.3) is 0 Å². The molecule has 0 spiro atoms. The van der Waals surface area contributed by atoms with Crippen molar-refractivity contribution in [3.05, 3.63) is 0 Å². The molecule has 10 N–H and O–H groups in total. The van der Waals surface area contributed by atoms with Crippen molar-refractivity contribution >= 4 is 0 Å². The molecule has 0 rings (SSSR count). The van der Waals surface area contributed by atoms with Gasteiger partial charge >= 0.3 is 0 Å². The van der Waals surface area contributed by atoms with Crippen molar-refractivity contribution in [3.8, 4) is 0 Å². The highest BCUT2D eigenvalue weighted by Crippen LogP contribution is 2.12. The molecule has 0 fully saturated rings. The molecule has 0 radical (unpaired) electrons. The Hall–Kier alpha value is -0.400. The van der Waals surface area contributed by atoms with E-state index in [0.29, 0.717) is 0 Å². The molecule has 0 aliphatic rings. The Morgan fingerprint density at radius 3 is 0.455 bits per heavy atom. The first-order valence-electron chi connectivity index (χ1n) is 6.49. The minimum atomic E-state index is -1.11. The summed E-state index contributed by atoms with van der Waals surface area (Å²) in [6, 6.07) is 0. The van der Waals surface area contributed by atoms with Crippen molar-refractivity contribution in [2.24, 2.45) is 10.8 Å². The van der Waals surface area contributed by atoms with Crippen LogP contribution in [-0.2, 0) is 0 Å². The van der Waals surface area contributed by atoms with Crippen LogP contribution in [0.5, 0.6) is 0 Å². The lowest BCUT2D eigenvalue weighted by molar-refractivity contribution is -0.0332. The van der Waals surface area contributed by atoms with E-state index < -0.39 is 63.7 Å². The average Bonchev–Trinajstić information content (AvgIpc) is 2.61. The molecule has 0 bridgehead atoms. The molecular weight excluding hydrogens is 304 g/mol. The molecule has 0 unspecified atom stereocenters. The Bertz CT molecular complexity index is 149. The SMILES string of the molecule is OCC(CO)(CO)CO.OCC(CO)(CO)CO.OCCO. The first-order chi connectivity index (χ1) is 10.4. The first-order valence-corrected chi connectivity index (χ1v) is 6.49. The Morgan fingerprint density at radius 2 is 0.455 bits per heavy atom. The van der Waals surface area contributed by atoms with Crippen LogP contribution in [0.2, 0.25) is 0 Å². The van der Waals surface area contributed by atoms with E-state index in [1.807, 2.05) is 0 Å². The molecule has 0 amide bonds. The summed E-state index contributed by atoms with van der Waals surface area (Å²) in [6.45, 7) is -3.50. The van der Waals surface area contributed by atoms with Crippen LogP contribution in [-0.4, -0.2) is 117 Å². The number of hydrogen-bond donors (Lipinski definition) is 10. The lowest BCUT2D eigenvalue weighted by atomic mass is 9.93. The number of rotatable bonds is 9. The Kier molecular flexibility index (Phi) is 20.4. The molecule has 0 aromatic carbocycles. The molecule has 0 atom stereocenters. The van der Waals surface area contributed by atoms with Gasteiger partial charge < -0.3 is 51.1 Å². The predicted octanol–water partition coefficient (Wildman–Crippen LogP) is -5.14. The monoisotopic (exact) mass is 334 g/mol. The van der Waals surface area contributed by atoms with Crippen molar-refractivity contribution in [1.29, 1.82) is 0 Å². The predicted molar refractivity (Wildman–Crippen MR) is 75.7 cm³/mol. The summed E-state index contributed by atoms with van der Waals surface area (Å²) in [5.74, 6) is 0. The topological polar surface area (TPSA) is 202 Å². The largest absolute Gasteiger partial charge is 0.396 e. The second kappa shape index (κ2) is 17.0. The van der Waals surface area contributed by atoms with Crippen LogP contribution < -0.4 is 0 Å². The lowest BCUT2D eigenvalue weighted by Crippen LogP contribution is -2.37. The highest BCUT2D eigenvalue weighted by molar-refractivity contribution is 4.75. The van der Waals surface area contributed by atoms with E-state index >= 15 is 0 Å². The van der Waals surface area contributed by atoms with E-state index in [-0.39, 0.29) is 13.2 Å². The Labute approximate surface area is 129 Å². The molecular formula is C12H30O10. The Balaban J connectivity index is -0.000000266. The van der Waals surface area contributed by atoms with E-state index in [1.165, 1.54) is 0 Å². The van der Waals surface area contributed by atoms with E-state index in [9.17, 15) is 0 Å². The lowest BCUT2D eigenvalue weighted by Gasteiger charge is -2.23. The standard InChI is InChI=1S/2C5H12O4.C2H6O2/c2*6-1-5(2-7,3-8)4-9;3-1-2-4/h2*6-9H,1-4H2;3-4H,1-2H2. The van der Waals surface area contributed by atoms with Crippen LogP contribution in [0, 0.1) is 10.8 Å². The second-order valence-electron chi connectivity index (χ2n) is 4.71. The molecule has 10 nitrogen and oxygen atoms in total. The summed E-state index contributed by atoms with van der Waals surface area (Å²) in [5, 5.41) is 83.2. The van der Waals surface area contributed by atoms with Crippen molar-refractivity contribution in [2.75, 3.05) is 66.1 Å². The zero-order valence-electron chi connectivity index (χ0n) is 12.5. The maximum Gasteiger partial charge on any atom is 0.0662 e. The van der Waals surface area contributed by atoms with E-state index in [0.717, 1.165) is 0 Å². The van der Waals surface area contributed by atoms with Gasteiger partial charge in [0.1, 0.15) is 0 Å². The van der Waals surface area contributed by atoms with Crippen LogP contribution >= 0.6 is 0 Å². The fourth-order valence-corrected chi connectivity index (χ4v) is 0.600. The van der Waals surface area contributed by atoms with Crippen molar-refractivity contribution in [3.63, 3.8) is 0 Å². The van der Waals surface area contributed by atoms with Gasteiger partial charge in [0.25, 0.3) is 0 Å². The molecule has 0 aliphatic carbocycles. The highest BCUT2D eigenvalue weighted by Gasteiger charge is 2.27. The van der Waals surface area contributed by atoms with Gasteiger partial charge in [-0.2, -0.15) is 0 Å². The van der Waals surface area contributed by atoms with Gasteiger partial charge in [-0.1, -0.05) is 0 Å². The van der Waals surface area contributed by atoms with Gasteiger partial charge in [0.15, 0.2) is 0 Å². The zero-order chi connectivity index (χ0) is 18.1. The van der Waals surface area contributed by atoms with E-state index in [2.05, 4.69) is 0 Å². The summed E-state index contributed by atoms with van der Waals surface area (Å²) in [5.41, 5.74) is -2.22. The van der Waals surface area contributed by atoms with Crippen molar-refractivity contribution < 1.29 is 51.1 Å². The van der Waals surface area contributed by atoms with Gasteiger partial charge in [0.2, 0.25) is 0 Å². The molecule has 22 heavy (non-hydrogen) atoms. The first kappa shape index (κ1) is 26.5. The van der Waals surface area contributed by atoms with Gasteiger partial charge in [0, 0.05) is 0 Å². The molecule has 10 heteroatoms. The maximum absolute atomic E-state index is 8.50. The minimum absolute atomic E-state index is 0.125. The average molecular weight is 334 g/mol. The van der Waals surface area contributed by atoms with Gasteiger partial charge in [-0.25, -0.2) is 0 Å². The smallest absolute Gasteiger partial charge is 0.0662 e. The molecule has 0 heterocycles. The third-order valence-electron chi connectivity index (χ3n) is 2.78. The zero-order valence-corrected chi connectivity index (χ0v) is 12.5. The van der Waals surface area contributed by atoms with Gasteiger partial charge in [-0.05, 0) is 0 Å². The van der Waals surface area contributed by atoms with Crippen LogP contribution in [0.4, 0.5) is 0 Å². The molecule has 0 saturated heterocycles. The van der Waals surface area contributed by atoms with Crippen LogP contribution in [0.1, 0.15) is 0 Å². The summed E-state index contributed by atoms with van der Waals surface area (Å²) in [6.07, 6.45) is 0. The number of aliphatic hydroxyl groups excluding tert-OH is 10. The Morgan fingerprint density at radius 1 is 0.318 bits per heavy atom. The van der Waals surface area contributed by atoms with Gasteiger partial charge in [0.05, 0.1) is 76.9 Å². The number of aliphatic hydroxyl groups is 10. The normalized spacial score (nSPS) is 11.2. The maximum atomic E-state index is 8.50. The molecule has 0 saturated carbocycles. The third-order valence-corrected chi connectivity index (χ3v) is 2.78. The van der Waals surface area contributed by atoms with E-state index in [4.69, 9.17) is 51.1 Å². The fourth-order valence-electron chi connectivity index (χ4n) is 0.600. The highest BCUT2D eigenvalue weighted by atomic mass is 16.3. The van der Waals surface area contributed by atoms with Crippen LogP contribution in [0.3, 0.4) is 0 Å². The van der Waals surface area contributed by atoms with Crippen molar-refractivity contribution in [2.45, 2.75) is 0 Å². The molecule has 0 aliphatic heterocycles. The third kappa shape index (κ3) is 11.2. The molecule has 0 aromatic rings. The van der Waals surface area contributed by atoms with Gasteiger partial charge in [-0.3, -0.25) is 0 Å². The fraction of sp³-hybridized carbons (Fsp3) is 1.00. The minimum Gasteiger partial charge on any atom is -0.396 e. The molecule has 138 valence electrons.